The van der Waals surface area contributed by atoms with Crippen LogP contribution in [0.15, 0.2) is 22.0 Å². The van der Waals surface area contributed by atoms with Crippen molar-refractivity contribution < 1.29 is 14.3 Å². The van der Waals surface area contributed by atoms with E-state index in [1.807, 2.05) is 34.6 Å². The second kappa shape index (κ2) is 9.90. The van der Waals surface area contributed by atoms with E-state index < -0.39 is 0 Å². The van der Waals surface area contributed by atoms with Gasteiger partial charge in [-0.3, -0.25) is 14.7 Å². The highest BCUT2D eigenvalue weighted by Gasteiger charge is 2.35. The summed E-state index contributed by atoms with van der Waals surface area (Å²) in [7, 11) is 0. The SMILES string of the molecule is C#CCOc1c(Cl)cc(/C=C2/SC(=NC(C)C)N(C(C)C)C2=O)cc1OCC. The number of benzene rings is 1. The fourth-order valence-corrected chi connectivity index (χ4v) is 4.10. The van der Waals surface area contributed by atoms with Gasteiger partial charge in [0.25, 0.3) is 5.91 Å². The predicted molar refractivity (Wildman–Crippen MR) is 117 cm³/mol. The van der Waals surface area contributed by atoms with Gasteiger partial charge in [-0.25, -0.2) is 0 Å². The van der Waals surface area contributed by atoms with Crippen LogP contribution in [0.2, 0.25) is 5.02 Å². The number of carbonyl (C=O) groups excluding carboxylic acids is 1. The molecule has 1 aromatic rings. The first-order valence-electron chi connectivity index (χ1n) is 9.11. The average Bonchev–Trinajstić information content (AvgIpc) is 2.89. The molecule has 1 heterocycles. The summed E-state index contributed by atoms with van der Waals surface area (Å²) in [5.41, 5.74) is 0.742. The molecule has 1 amide bonds. The molecule has 1 fully saturated rings. The molecule has 5 nitrogen and oxygen atoms in total. The first-order chi connectivity index (χ1) is 13.3. The molecule has 0 N–H and O–H groups in total. The topological polar surface area (TPSA) is 51.1 Å². The summed E-state index contributed by atoms with van der Waals surface area (Å²) < 4.78 is 11.2. The van der Waals surface area contributed by atoms with E-state index in [2.05, 4.69) is 10.9 Å². The summed E-state index contributed by atoms with van der Waals surface area (Å²) in [6.07, 6.45) is 7.06. The van der Waals surface area contributed by atoms with Crippen molar-refractivity contribution in [1.82, 2.24) is 4.90 Å². The van der Waals surface area contributed by atoms with Crippen LogP contribution in [0.4, 0.5) is 0 Å². The number of terminal acetylenes is 1. The Kier molecular flexibility index (Phi) is 7.85. The largest absolute Gasteiger partial charge is 0.490 e. The monoisotopic (exact) mass is 420 g/mol. The van der Waals surface area contributed by atoms with Crippen molar-refractivity contribution in [1.29, 1.82) is 0 Å². The van der Waals surface area contributed by atoms with Gasteiger partial charge >= 0.3 is 0 Å². The Morgan fingerprint density at radius 1 is 1.32 bits per heavy atom. The zero-order valence-electron chi connectivity index (χ0n) is 16.8. The second-order valence-corrected chi connectivity index (χ2v) is 8.06. The van der Waals surface area contributed by atoms with Gasteiger partial charge in [0.1, 0.15) is 6.61 Å². The van der Waals surface area contributed by atoms with Crippen LogP contribution in [0.3, 0.4) is 0 Å². The number of nitrogens with zero attached hydrogens (tertiary/aromatic N) is 2. The Morgan fingerprint density at radius 3 is 2.61 bits per heavy atom. The Bertz CT molecular complexity index is 841. The minimum Gasteiger partial charge on any atom is -0.490 e. The average molecular weight is 421 g/mol. The van der Waals surface area contributed by atoms with E-state index in [-0.39, 0.29) is 24.6 Å². The molecule has 1 aromatic carbocycles. The highest BCUT2D eigenvalue weighted by Crippen LogP contribution is 2.39. The van der Waals surface area contributed by atoms with Gasteiger partial charge in [0.2, 0.25) is 0 Å². The van der Waals surface area contributed by atoms with Crippen molar-refractivity contribution in [3.05, 3.63) is 27.6 Å². The molecular formula is C21H25ClN2O3S. The summed E-state index contributed by atoms with van der Waals surface area (Å²) in [4.78, 5) is 19.8. The number of aliphatic imine (C=N–C) groups is 1. The van der Waals surface area contributed by atoms with Crippen LogP contribution in [0.1, 0.15) is 40.2 Å². The third-order valence-corrected chi connectivity index (χ3v) is 4.93. The van der Waals surface area contributed by atoms with Crippen molar-refractivity contribution in [2.45, 2.75) is 46.7 Å². The fourth-order valence-electron chi connectivity index (χ4n) is 2.59. The number of amides is 1. The number of ether oxygens (including phenoxy) is 2. The lowest BCUT2D eigenvalue weighted by molar-refractivity contribution is -0.123. The lowest BCUT2D eigenvalue weighted by Gasteiger charge is -2.20. The van der Waals surface area contributed by atoms with Crippen molar-refractivity contribution in [2.75, 3.05) is 13.2 Å². The Balaban J connectivity index is 2.44. The molecule has 0 radical (unpaired) electrons. The van der Waals surface area contributed by atoms with Crippen LogP contribution >= 0.6 is 23.4 Å². The Hall–Kier alpha value is -2.10. The van der Waals surface area contributed by atoms with Crippen LogP contribution in [0.25, 0.3) is 6.08 Å². The zero-order valence-corrected chi connectivity index (χ0v) is 18.4. The lowest BCUT2D eigenvalue weighted by atomic mass is 10.1. The van der Waals surface area contributed by atoms with E-state index in [1.54, 1.807) is 23.1 Å². The molecule has 28 heavy (non-hydrogen) atoms. The van der Waals surface area contributed by atoms with Crippen molar-refractivity contribution in [2.24, 2.45) is 4.99 Å². The summed E-state index contributed by atoms with van der Waals surface area (Å²) in [6, 6.07) is 3.64. The highest BCUT2D eigenvalue weighted by atomic mass is 35.5. The number of carbonyl (C=O) groups is 1. The fraction of sp³-hybridized carbons (Fsp3) is 0.429. The quantitative estimate of drug-likeness (QED) is 0.467. The van der Waals surface area contributed by atoms with Crippen LogP contribution < -0.4 is 9.47 Å². The molecule has 0 saturated carbocycles. The third kappa shape index (κ3) is 5.24. The first kappa shape index (κ1) is 22.2. The molecule has 1 aliphatic heterocycles. The number of hydrogen-bond donors (Lipinski definition) is 0. The molecule has 7 heteroatoms. The van der Waals surface area contributed by atoms with Crippen molar-refractivity contribution >= 4 is 40.5 Å². The normalized spacial score (nSPS) is 17.1. The summed E-state index contributed by atoms with van der Waals surface area (Å²) in [6.45, 7) is 10.3. The van der Waals surface area contributed by atoms with Gasteiger partial charge in [-0.15, -0.1) is 6.42 Å². The van der Waals surface area contributed by atoms with Gasteiger partial charge in [0.05, 0.1) is 16.5 Å². The summed E-state index contributed by atoms with van der Waals surface area (Å²) >= 11 is 7.74. The maximum absolute atomic E-state index is 12.9. The predicted octanol–water partition coefficient (Wildman–Crippen LogP) is 4.84. The maximum atomic E-state index is 12.9. The van der Waals surface area contributed by atoms with Crippen LogP contribution in [0.5, 0.6) is 11.5 Å². The van der Waals surface area contributed by atoms with Gasteiger partial charge in [0, 0.05) is 12.1 Å². The van der Waals surface area contributed by atoms with Crippen LogP contribution in [-0.4, -0.2) is 41.3 Å². The second-order valence-electron chi connectivity index (χ2n) is 6.64. The van der Waals surface area contributed by atoms with Gasteiger partial charge in [-0.2, -0.15) is 0 Å². The third-order valence-electron chi connectivity index (χ3n) is 3.65. The highest BCUT2D eigenvalue weighted by molar-refractivity contribution is 8.18. The molecule has 2 rings (SSSR count). The first-order valence-corrected chi connectivity index (χ1v) is 10.3. The van der Waals surface area contributed by atoms with E-state index >= 15 is 0 Å². The molecular weight excluding hydrogens is 396 g/mol. The number of hydrogen-bond acceptors (Lipinski definition) is 5. The molecule has 1 aliphatic rings. The van der Waals surface area contributed by atoms with Crippen molar-refractivity contribution in [3.63, 3.8) is 0 Å². The van der Waals surface area contributed by atoms with Crippen LogP contribution in [-0.2, 0) is 4.79 Å². The minimum atomic E-state index is -0.0684. The smallest absolute Gasteiger partial charge is 0.266 e. The molecule has 0 aromatic heterocycles. The number of halogens is 1. The zero-order chi connectivity index (χ0) is 20.8. The molecule has 0 aliphatic carbocycles. The number of amidine groups is 1. The molecule has 0 bridgehead atoms. The van der Waals surface area contributed by atoms with Gasteiger partial charge < -0.3 is 9.47 Å². The van der Waals surface area contributed by atoms with Gasteiger partial charge in [-0.05, 0) is 70.2 Å². The molecule has 1 saturated heterocycles. The van der Waals surface area contributed by atoms with Gasteiger partial charge in [0.15, 0.2) is 16.7 Å². The van der Waals surface area contributed by atoms with E-state index in [0.29, 0.717) is 33.2 Å². The van der Waals surface area contributed by atoms with E-state index in [9.17, 15) is 4.79 Å². The Morgan fingerprint density at radius 2 is 2.04 bits per heavy atom. The number of rotatable bonds is 7. The van der Waals surface area contributed by atoms with E-state index in [4.69, 9.17) is 27.5 Å². The lowest BCUT2D eigenvalue weighted by Crippen LogP contribution is -2.35. The maximum Gasteiger partial charge on any atom is 0.266 e. The molecule has 0 spiro atoms. The molecule has 0 atom stereocenters. The Labute approximate surface area is 176 Å². The molecule has 150 valence electrons. The summed E-state index contributed by atoms with van der Waals surface area (Å²) in [5, 5.41) is 1.09. The summed E-state index contributed by atoms with van der Waals surface area (Å²) in [5.74, 6) is 3.24. The van der Waals surface area contributed by atoms with Gasteiger partial charge in [-0.1, -0.05) is 17.5 Å². The van der Waals surface area contributed by atoms with Crippen LogP contribution in [0, 0.1) is 12.3 Å². The standard InChI is InChI=1S/C21H25ClN2O3S/c1-7-9-27-19-16(22)10-15(11-17(19)26-8-2)12-18-20(25)24(14(5)6)21(28-18)23-13(3)4/h1,10-14H,8-9H2,2-6H3/b18-12+,23-21?. The molecule has 0 unspecified atom stereocenters. The van der Waals surface area contributed by atoms with E-state index in [0.717, 1.165) is 5.56 Å². The van der Waals surface area contributed by atoms with Crippen molar-refractivity contribution in [3.8, 4) is 23.8 Å². The number of thioether (sulfide) groups is 1. The van der Waals surface area contributed by atoms with E-state index in [1.165, 1.54) is 11.8 Å². The minimum absolute atomic E-state index is 0.0190.